The smallest absolute Gasteiger partial charge is 0.133 e. The molecule has 2 aliphatic heterocycles. The molecule has 2 saturated heterocycles. The predicted octanol–water partition coefficient (Wildman–Crippen LogP) is 0.572. The van der Waals surface area contributed by atoms with Gasteiger partial charge in [0, 0.05) is 38.1 Å². The number of hydrogen-bond donors (Lipinski definition) is 1. The molecule has 0 spiro atoms. The number of piperidine rings is 1. The van der Waals surface area contributed by atoms with Gasteiger partial charge in [-0.1, -0.05) is 0 Å². The van der Waals surface area contributed by atoms with Crippen LogP contribution in [0.25, 0.3) is 0 Å². The van der Waals surface area contributed by atoms with Crippen molar-refractivity contribution >= 4 is 0 Å². The number of rotatable bonds is 4. The van der Waals surface area contributed by atoms with Gasteiger partial charge in [-0.3, -0.25) is 0 Å². The van der Waals surface area contributed by atoms with Gasteiger partial charge >= 0.3 is 0 Å². The molecule has 5 nitrogen and oxygen atoms in total. The fraction of sp³-hybridized carbons (Fsp3) is 0.846. The van der Waals surface area contributed by atoms with Crippen molar-refractivity contribution in [1.29, 1.82) is 0 Å². The highest BCUT2D eigenvalue weighted by molar-refractivity contribution is 4.96. The van der Waals surface area contributed by atoms with Gasteiger partial charge in [-0.15, -0.1) is 10.2 Å². The van der Waals surface area contributed by atoms with Gasteiger partial charge in [0.2, 0.25) is 0 Å². The molecule has 2 atom stereocenters. The van der Waals surface area contributed by atoms with Crippen LogP contribution in [0, 0.1) is 0 Å². The van der Waals surface area contributed by atoms with E-state index in [2.05, 4.69) is 27.5 Å². The summed E-state index contributed by atoms with van der Waals surface area (Å²) >= 11 is 0. The Labute approximate surface area is 109 Å². The van der Waals surface area contributed by atoms with Crippen LogP contribution >= 0.6 is 0 Å². The molecule has 1 aromatic heterocycles. The summed E-state index contributed by atoms with van der Waals surface area (Å²) in [4.78, 5) is 2.58. The van der Waals surface area contributed by atoms with Gasteiger partial charge in [0.25, 0.3) is 0 Å². The van der Waals surface area contributed by atoms with Crippen LogP contribution in [0.4, 0.5) is 0 Å². The number of aromatic nitrogens is 3. The van der Waals surface area contributed by atoms with E-state index >= 15 is 0 Å². The van der Waals surface area contributed by atoms with E-state index in [0.29, 0.717) is 6.04 Å². The number of hydrogen-bond acceptors (Lipinski definition) is 4. The minimum Gasteiger partial charge on any atom is -0.321 e. The second kappa shape index (κ2) is 4.97. The fourth-order valence-electron chi connectivity index (χ4n) is 3.50. The summed E-state index contributed by atoms with van der Waals surface area (Å²) in [6.07, 6.45) is 8.15. The quantitative estimate of drug-likeness (QED) is 0.847. The first kappa shape index (κ1) is 12.1. The van der Waals surface area contributed by atoms with Crippen molar-refractivity contribution < 1.29 is 0 Å². The zero-order valence-electron chi connectivity index (χ0n) is 11.3. The number of nitrogens with zero attached hydrogens (tertiary/aromatic N) is 4. The summed E-state index contributed by atoms with van der Waals surface area (Å²) in [5.74, 6) is 1.07. The van der Waals surface area contributed by atoms with Crippen LogP contribution in [0.2, 0.25) is 0 Å². The summed E-state index contributed by atoms with van der Waals surface area (Å²) in [7, 11) is 4.29. The molecule has 0 saturated carbocycles. The van der Waals surface area contributed by atoms with Crippen molar-refractivity contribution in [3.63, 3.8) is 0 Å². The van der Waals surface area contributed by atoms with Crippen molar-refractivity contribution in [2.24, 2.45) is 7.05 Å². The Balaban J connectivity index is 1.46. The molecule has 2 bridgehead atoms. The van der Waals surface area contributed by atoms with Crippen molar-refractivity contribution in [1.82, 2.24) is 25.0 Å². The maximum absolute atomic E-state index is 4.12. The van der Waals surface area contributed by atoms with Gasteiger partial charge < -0.3 is 14.8 Å². The Hall–Kier alpha value is -0.940. The molecule has 0 amide bonds. The summed E-state index contributed by atoms with van der Waals surface area (Å²) in [5, 5.41) is 11.7. The first-order valence-electron chi connectivity index (χ1n) is 7.02. The molecule has 0 radical (unpaired) electrons. The van der Waals surface area contributed by atoms with Gasteiger partial charge in [-0.05, 0) is 32.7 Å². The van der Waals surface area contributed by atoms with Crippen LogP contribution in [-0.4, -0.2) is 51.4 Å². The third-order valence-corrected chi connectivity index (χ3v) is 4.69. The van der Waals surface area contributed by atoms with Crippen LogP contribution in [0.3, 0.4) is 0 Å². The van der Waals surface area contributed by atoms with E-state index in [4.69, 9.17) is 0 Å². The summed E-state index contributed by atoms with van der Waals surface area (Å²) < 4.78 is 2.00. The van der Waals surface area contributed by atoms with Gasteiger partial charge in [0.15, 0.2) is 0 Å². The zero-order chi connectivity index (χ0) is 12.5. The lowest BCUT2D eigenvalue weighted by Crippen LogP contribution is -2.47. The van der Waals surface area contributed by atoms with E-state index in [-0.39, 0.29) is 0 Å². The standard InChI is InChI=1S/C13H23N5/c1-17-9-15-16-13(17)5-6-14-10-7-11-3-4-12(8-10)18(11)2/h9-12,14H,3-8H2,1-2H3. The zero-order valence-corrected chi connectivity index (χ0v) is 11.3. The topological polar surface area (TPSA) is 46.0 Å². The third kappa shape index (κ3) is 2.29. The minimum atomic E-state index is 0.701. The van der Waals surface area contributed by atoms with Gasteiger partial charge in [-0.2, -0.15) is 0 Å². The predicted molar refractivity (Wildman–Crippen MR) is 70.3 cm³/mol. The molecule has 2 aliphatic rings. The third-order valence-electron chi connectivity index (χ3n) is 4.69. The van der Waals surface area contributed by atoms with E-state index in [1.54, 1.807) is 6.33 Å². The molecule has 18 heavy (non-hydrogen) atoms. The van der Waals surface area contributed by atoms with Gasteiger partial charge in [0.1, 0.15) is 12.2 Å². The second-order valence-corrected chi connectivity index (χ2v) is 5.78. The average Bonchev–Trinajstić information content (AvgIpc) is 2.82. The highest BCUT2D eigenvalue weighted by Crippen LogP contribution is 2.34. The van der Waals surface area contributed by atoms with Crippen molar-refractivity contribution in [3.05, 3.63) is 12.2 Å². The lowest BCUT2D eigenvalue weighted by atomic mass is 9.98. The van der Waals surface area contributed by atoms with Crippen LogP contribution < -0.4 is 5.32 Å². The molecule has 1 N–H and O–H groups in total. The Bertz CT molecular complexity index is 388. The second-order valence-electron chi connectivity index (χ2n) is 5.78. The number of fused-ring (bicyclic) bond motifs is 2. The van der Waals surface area contributed by atoms with Crippen LogP contribution in [0.5, 0.6) is 0 Å². The largest absolute Gasteiger partial charge is 0.321 e. The van der Waals surface area contributed by atoms with E-state index < -0.39 is 0 Å². The van der Waals surface area contributed by atoms with Crippen molar-refractivity contribution in [2.45, 2.75) is 50.2 Å². The molecule has 2 fully saturated rings. The molecule has 5 heteroatoms. The van der Waals surface area contributed by atoms with Crippen LogP contribution in [0.15, 0.2) is 6.33 Å². The Kier molecular flexibility index (Phi) is 3.35. The van der Waals surface area contributed by atoms with E-state index in [1.807, 2.05) is 11.6 Å². The van der Waals surface area contributed by atoms with E-state index in [0.717, 1.165) is 30.9 Å². The fourth-order valence-corrected chi connectivity index (χ4v) is 3.50. The van der Waals surface area contributed by atoms with Crippen LogP contribution in [-0.2, 0) is 13.5 Å². The molecule has 3 heterocycles. The highest BCUT2D eigenvalue weighted by atomic mass is 15.2. The summed E-state index contributed by atoms with van der Waals surface area (Å²) in [6.45, 7) is 1.01. The molecular weight excluding hydrogens is 226 g/mol. The van der Waals surface area contributed by atoms with Crippen molar-refractivity contribution in [3.8, 4) is 0 Å². The first-order chi connectivity index (χ1) is 8.74. The summed E-state index contributed by atoms with van der Waals surface area (Å²) in [6, 6.07) is 2.33. The Morgan fingerprint density at radius 1 is 1.28 bits per heavy atom. The maximum atomic E-state index is 4.12. The monoisotopic (exact) mass is 249 g/mol. The van der Waals surface area contributed by atoms with Gasteiger partial charge in [-0.25, -0.2) is 0 Å². The average molecular weight is 249 g/mol. The molecule has 100 valence electrons. The van der Waals surface area contributed by atoms with Crippen molar-refractivity contribution in [2.75, 3.05) is 13.6 Å². The lowest BCUT2D eigenvalue weighted by Gasteiger charge is -2.36. The lowest BCUT2D eigenvalue weighted by molar-refractivity contribution is 0.149. The first-order valence-corrected chi connectivity index (χ1v) is 7.02. The number of aryl methyl sites for hydroxylation is 1. The molecule has 0 aromatic carbocycles. The Morgan fingerprint density at radius 2 is 2.00 bits per heavy atom. The molecule has 2 unspecified atom stereocenters. The van der Waals surface area contributed by atoms with E-state index in [9.17, 15) is 0 Å². The normalized spacial score (nSPS) is 32.0. The Morgan fingerprint density at radius 3 is 2.61 bits per heavy atom. The molecule has 3 rings (SSSR count). The van der Waals surface area contributed by atoms with E-state index in [1.165, 1.54) is 25.7 Å². The van der Waals surface area contributed by atoms with Gasteiger partial charge in [0.05, 0.1) is 0 Å². The highest BCUT2D eigenvalue weighted by Gasteiger charge is 2.37. The van der Waals surface area contributed by atoms with Crippen LogP contribution in [0.1, 0.15) is 31.5 Å². The SMILES string of the molecule is CN1C2CCC1CC(NCCc1nncn1C)C2. The number of nitrogens with one attached hydrogen (secondary N) is 1. The minimum absolute atomic E-state index is 0.701. The molecular formula is C13H23N5. The molecule has 0 aliphatic carbocycles. The maximum Gasteiger partial charge on any atom is 0.133 e. The summed E-state index contributed by atoms with van der Waals surface area (Å²) in [5.41, 5.74) is 0. The molecule has 1 aromatic rings.